The predicted octanol–water partition coefficient (Wildman–Crippen LogP) is 2.67. The van der Waals surface area contributed by atoms with Gasteiger partial charge in [-0.25, -0.2) is 4.98 Å². The Morgan fingerprint density at radius 3 is 2.95 bits per heavy atom. The van der Waals surface area contributed by atoms with Crippen LogP contribution in [0.15, 0.2) is 11.1 Å². The van der Waals surface area contributed by atoms with Crippen LogP contribution in [0.1, 0.15) is 49.1 Å². The van der Waals surface area contributed by atoms with Crippen molar-refractivity contribution in [2.45, 2.75) is 51.5 Å². The van der Waals surface area contributed by atoms with Crippen molar-refractivity contribution in [1.82, 2.24) is 9.55 Å². The van der Waals surface area contributed by atoms with Gasteiger partial charge in [0, 0.05) is 4.88 Å². The predicted molar refractivity (Wildman–Crippen MR) is 81.6 cm³/mol. The molecule has 0 aromatic carbocycles. The van der Waals surface area contributed by atoms with E-state index in [2.05, 4.69) is 4.98 Å². The monoisotopic (exact) mass is 292 g/mol. The lowest BCUT2D eigenvalue weighted by molar-refractivity contribution is 0.221. The van der Waals surface area contributed by atoms with Crippen LogP contribution in [0.2, 0.25) is 0 Å². The molecule has 0 amide bonds. The number of hydrogen-bond acceptors (Lipinski definition) is 4. The van der Waals surface area contributed by atoms with Gasteiger partial charge in [0.15, 0.2) is 0 Å². The number of rotatable bonds is 3. The smallest absolute Gasteiger partial charge is 0.262 e. The first-order valence-corrected chi connectivity index (χ1v) is 8.20. The van der Waals surface area contributed by atoms with Gasteiger partial charge in [0.1, 0.15) is 4.83 Å². The van der Waals surface area contributed by atoms with Crippen molar-refractivity contribution in [1.29, 1.82) is 0 Å². The Hall–Kier alpha value is -1.20. The first kappa shape index (κ1) is 13.8. The highest BCUT2D eigenvalue weighted by atomic mass is 32.1. The van der Waals surface area contributed by atoms with E-state index in [1.807, 2.05) is 6.92 Å². The average molecular weight is 292 g/mol. The number of aliphatic hydroxyl groups is 1. The summed E-state index contributed by atoms with van der Waals surface area (Å²) in [6.45, 7) is 1.96. The minimum atomic E-state index is -0.166. The van der Waals surface area contributed by atoms with Gasteiger partial charge in [-0.3, -0.25) is 9.36 Å². The Morgan fingerprint density at radius 2 is 2.20 bits per heavy atom. The number of aromatic nitrogens is 2. The molecular weight excluding hydrogens is 272 g/mol. The highest BCUT2D eigenvalue weighted by molar-refractivity contribution is 7.18. The molecule has 0 unspecified atom stereocenters. The maximum absolute atomic E-state index is 12.8. The van der Waals surface area contributed by atoms with Gasteiger partial charge < -0.3 is 5.11 Å². The molecule has 2 heterocycles. The third-order valence-electron chi connectivity index (χ3n) is 4.23. The van der Waals surface area contributed by atoms with Gasteiger partial charge in [-0.2, -0.15) is 0 Å². The number of aryl methyl sites for hydroxylation is 2. The summed E-state index contributed by atoms with van der Waals surface area (Å²) >= 11 is 1.68. The summed E-state index contributed by atoms with van der Waals surface area (Å²) in [5, 5.41) is 10.2. The van der Waals surface area contributed by atoms with Crippen molar-refractivity contribution in [3.63, 3.8) is 0 Å². The van der Waals surface area contributed by atoms with Gasteiger partial charge in [-0.15, -0.1) is 11.3 Å². The van der Waals surface area contributed by atoms with Gasteiger partial charge in [-0.05, 0) is 37.7 Å². The molecule has 0 fully saturated rings. The molecule has 1 atom stereocenters. The topological polar surface area (TPSA) is 55.1 Å². The summed E-state index contributed by atoms with van der Waals surface area (Å²) in [6.07, 6.45) is 8.01. The van der Waals surface area contributed by atoms with Gasteiger partial charge in [0.25, 0.3) is 5.56 Å². The second-order valence-electron chi connectivity index (χ2n) is 5.45. The van der Waals surface area contributed by atoms with E-state index in [0.717, 1.165) is 35.9 Å². The van der Waals surface area contributed by atoms with E-state index in [-0.39, 0.29) is 18.2 Å². The zero-order chi connectivity index (χ0) is 14.1. The molecule has 2 aromatic rings. The van der Waals surface area contributed by atoms with E-state index in [1.165, 1.54) is 23.3 Å². The highest BCUT2D eigenvalue weighted by Crippen LogP contribution is 2.32. The first-order valence-electron chi connectivity index (χ1n) is 7.38. The van der Waals surface area contributed by atoms with Crippen LogP contribution in [0.25, 0.3) is 10.2 Å². The van der Waals surface area contributed by atoms with Crippen LogP contribution >= 0.6 is 11.3 Å². The van der Waals surface area contributed by atoms with E-state index >= 15 is 0 Å². The summed E-state index contributed by atoms with van der Waals surface area (Å²) in [5.41, 5.74) is 1.25. The molecule has 20 heavy (non-hydrogen) atoms. The van der Waals surface area contributed by atoms with Crippen LogP contribution < -0.4 is 5.56 Å². The fourth-order valence-corrected chi connectivity index (χ4v) is 4.23. The Morgan fingerprint density at radius 1 is 1.40 bits per heavy atom. The number of thiophene rings is 1. The van der Waals surface area contributed by atoms with Gasteiger partial charge in [-0.1, -0.05) is 13.3 Å². The molecule has 0 spiro atoms. The second-order valence-corrected chi connectivity index (χ2v) is 6.53. The summed E-state index contributed by atoms with van der Waals surface area (Å²) < 4.78 is 1.61. The van der Waals surface area contributed by atoms with Crippen molar-refractivity contribution in [2.75, 3.05) is 6.61 Å². The summed E-state index contributed by atoms with van der Waals surface area (Å²) in [5.74, 6) is 0. The third kappa shape index (κ3) is 2.19. The Labute approximate surface area is 122 Å². The van der Waals surface area contributed by atoms with E-state index in [9.17, 15) is 9.90 Å². The molecule has 0 aliphatic heterocycles. The molecule has 0 saturated heterocycles. The number of hydrogen-bond donors (Lipinski definition) is 1. The Bertz CT molecular complexity index is 670. The molecule has 0 saturated carbocycles. The molecule has 1 aliphatic rings. The number of aliphatic hydroxyl groups excluding tert-OH is 1. The van der Waals surface area contributed by atoms with E-state index in [1.54, 1.807) is 22.2 Å². The van der Waals surface area contributed by atoms with E-state index in [0.29, 0.717) is 0 Å². The quantitative estimate of drug-likeness (QED) is 0.885. The van der Waals surface area contributed by atoms with Gasteiger partial charge in [0.2, 0.25) is 0 Å². The molecule has 0 bridgehead atoms. The fourth-order valence-electron chi connectivity index (χ4n) is 3.01. The van der Waals surface area contributed by atoms with Crippen molar-refractivity contribution in [3.8, 4) is 0 Å². The van der Waals surface area contributed by atoms with Gasteiger partial charge >= 0.3 is 0 Å². The lowest BCUT2D eigenvalue weighted by Gasteiger charge is -2.14. The zero-order valence-electron chi connectivity index (χ0n) is 11.8. The minimum absolute atomic E-state index is 0.0179. The molecule has 5 heteroatoms. The number of nitrogens with zero attached hydrogens (tertiary/aromatic N) is 2. The van der Waals surface area contributed by atoms with Crippen LogP contribution in [0, 0.1) is 0 Å². The Kier molecular flexibility index (Phi) is 3.89. The lowest BCUT2D eigenvalue weighted by atomic mass is 10.1. The summed E-state index contributed by atoms with van der Waals surface area (Å²) in [7, 11) is 0. The normalized spacial score (nSPS) is 16.9. The molecule has 108 valence electrons. The maximum atomic E-state index is 12.8. The molecule has 1 aliphatic carbocycles. The molecule has 0 radical (unpaired) electrons. The SMILES string of the molecule is CC[C@H](CO)n1cnc2sc3c(c2c1=O)CCCCC3. The fraction of sp³-hybridized carbons (Fsp3) is 0.600. The Balaban J connectivity index is 2.21. The van der Waals surface area contributed by atoms with Crippen LogP contribution in [0.4, 0.5) is 0 Å². The lowest BCUT2D eigenvalue weighted by Crippen LogP contribution is -2.27. The molecule has 3 rings (SSSR count). The van der Waals surface area contributed by atoms with E-state index < -0.39 is 0 Å². The average Bonchev–Trinajstić information content (AvgIpc) is 2.65. The van der Waals surface area contributed by atoms with Crippen molar-refractivity contribution >= 4 is 21.6 Å². The van der Waals surface area contributed by atoms with Crippen molar-refractivity contribution in [2.24, 2.45) is 0 Å². The van der Waals surface area contributed by atoms with Crippen LogP contribution in [0.5, 0.6) is 0 Å². The third-order valence-corrected chi connectivity index (χ3v) is 5.43. The minimum Gasteiger partial charge on any atom is -0.394 e. The summed E-state index contributed by atoms with van der Waals surface area (Å²) in [6, 6.07) is -0.166. The maximum Gasteiger partial charge on any atom is 0.262 e. The standard InChI is InChI=1S/C15H20N2O2S/c1-2-10(8-18)17-9-16-14-13(15(17)19)11-6-4-3-5-7-12(11)20-14/h9-10,18H,2-8H2,1H3/t10-/m1/s1. The molecule has 4 nitrogen and oxygen atoms in total. The van der Waals surface area contributed by atoms with E-state index in [4.69, 9.17) is 0 Å². The molecule has 2 aromatic heterocycles. The molecule has 1 N–H and O–H groups in total. The number of fused-ring (bicyclic) bond motifs is 3. The van der Waals surface area contributed by atoms with Crippen LogP contribution in [-0.2, 0) is 12.8 Å². The highest BCUT2D eigenvalue weighted by Gasteiger charge is 2.20. The molecular formula is C15H20N2O2S. The van der Waals surface area contributed by atoms with Crippen LogP contribution in [0.3, 0.4) is 0 Å². The zero-order valence-corrected chi connectivity index (χ0v) is 12.6. The largest absolute Gasteiger partial charge is 0.394 e. The summed E-state index contributed by atoms with van der Waals surface area (Å²) in [4.78, 5) is 19.4. The van der Waals surface area contributed by atoms with Gasteiger partial charge in [0.05, 0.1) is 24.4 Å². The second kappa shape index (κ2) is 5.66. The van der Waals surface area contributed by atoms with Crippen LogP contribution in [-0.4, -0.2) is 21.3 Å². The van der Waals surface area contributed by atoms with Crippen molar-refractivity contribution in [3.05, 3.63) is 27.1 Å². The van der Waals surface area contributed by atoms with Crippen molar-refractivity contribution < 1.29 is 5.11 Å². The first-order chi connectivity index (χ1) is 9.76.